The number of primary amides is 1. The third-order valence-corrected chi connectivity index (χ3v) is 5.81. The fraction of sp³-hybridized carbons (Fsp3) is 0.304. The molecule has 1 saturated heterocycles. The highest BCUT2D eigenvalue weighted by atomic mass is 16.3. The van der Waals surface area contributed by atoms with Gasteiger partial charge in [0.2, 0.25) is 0 Å². The second-order valence-electron chi connectivity index (χ2n) is 8.57. The van der Waals surface area contributed by atoms with Crippen LogP contribution in [0.25, 0.3) is 33.2 Å². The first kappa shape index (κ1) is 20.2. The summed E-state index contributed by atoms with van der Waals surface area (Å²) in [6.07, 6.45) is 1.84. The lowest BCUT2D eigenvalue weighted by Gasteiger charge is -2.37. The zero-order chi connectivity index (χ0) is 22.6. The van der Waals surface area contributed by atoms with E-state index in [1.54, 1.807) is 16.8 Å². The summed E-state index contributed by atoms with van der Waals surface area (Å²) < 4.78 is 1.67. The third kappa shape index (κ3) is 3.50. The van der Waals surface area contributed by atoms with E-state index in [2.05, 4.69) is 39.1 Å². The summed E-state index contributed by atoms with van der Waals surface area (Å²) in [5.41, 5.74) is 8.51. The molecule has 0 aliphatic carbocycles. The lowest BCUT2D eigenvalue weighted by atomic mass is 10.1. The van der Waals surface area contributed by atoms with Crippen molar-refractivity contribution in [1.82, 2.24) is 25.1 Å². The van der Waals surface area contributed by atoms with Gasteiger partial charge in [0.05, 0.1) is 16.6 Å². The largest absolute Gasteiger partial charge is 0.507 e. The summed E-state index contributed by atoms with van der Waals surface area (Å²) in [4.78, 5) is 23.7. The van der Waals surface area contributed by atoms with Gasteiger partial charge in [-0.2, -0.15) is 5.10 Å². The fourth-order valence-corrected chi connectivity index (χ4v) is 4.52. The first-order chi connectivity index (χ1) is 15.3. The van der Waals surface area contributed by atoms with Gasteiger partial charge in [-0.15, -0.1) is 0 Å². The summed E-state index contributed by atoms with van der Waals surface area (Å²) in [5, 5.41) is 19.8. The molecule has 164 valence electrons. The molecule has 32 heavy (non-hydrogen) atoms. The minimum atomic E-state index is -0.639. The molecular formula is C23H25N7O2. The molecule has 2 aromatic carbocycles. The SMILES string of the molecule is C[C@@H]1CN(c2ccc3nc(-c4cc5cn(C)nc5cc4O)nc(C(N)=O)c3c2)C[C@H](C)N1. The van der Waals surface area contributed by atoms with Gasteiger partial charge < -0.3 is 21.1 Å². The van der Waals surface area contributed by atoms with Crippen molar-refractivity contribution in [2.24, 2.45) is 12.8 Å². The van der Waals surface area contributed by atoms with Crippen LogP contribution >= 0.6 is 0 Å². The molecule has 4 N–H and O–H groups in total. The fourth-order valence-electron chi connectivity index (χ4n) is 4.52. The van der Waals surface area contributed by atoms with E-state index in [1.165, 1.54) is 0 Å². The van der Waals surface area contributed by atoms with Crippen molar-refractivity contribution >= 4 is 33.4 Å². The molecule has 0 radical (unpaired) electrons. The Hall–Kier alpha value is -3.72. The van der Waals surface area contributed by atoms with E-state index >= 15 is 0 Å². The van der Waals surface area contributed by atoms with Gasteiger partial charge in [0.1, 0.15) is 11.4 Å². The highest BCUT2D eigenvalue weighted by Gasteiger charge is 2.23. The van der Waals surface area contributed by atoms with Crippen molar-refractivity contribution in [3.63, 3.8) is 0 Å². The number of nitrogens with one attached hydrogen (secondary N) is 1. The van der Waals surface area contributed by atoms with Crippen molar-refractivity contribution in [3.8, 4) is 17.1 Å². The van der Waals surface area contributed by atoms with Crippen LogP contribution in [0.15, 0.2) is 36.5 Å². The summed E-state index contributed by atoms with van der Waals surface area (Å²) in [5.74, 6) is -0.405. The number of rotatable bonds is 3. The maximum Gasteiger partial charge on any atom is 0.268 e. The van der Waals surface area contributed by atoms with Crippen LogP contribution in [0.3, 0.4) is 0 Å². The van der Waals surface area contributed by atoms with Gasteiger partial charge in [0.25, 0.3) is 5.91 Å². The molecular weight excluding hydrogens is 406 g/mol. The number of phenols is 1. The third-order valence-electron chi connectivity index (χ3n) is 5.81. The van der Waals surface area contributed by atoms with Gasteiger partial charge in [0.15, 0.2) is 5.82 Å². The molecule has 2 atom stereocenters. The van der Waals surface area contributed by atoms with Crippen LogP contribution in [0.4, 0.5) is 5.69 Å². The smallest absolute Gasteiger partial charge is 0.268 e. The summed E-state index contributed by atoms with van der Waals surface area (Å²) >= 11 is 0. The Morgan fingerprint density at radius 2 is 1.88 bits per heavy atom. The van der Waals surface area contributed by atoms with E-state index in [4.69, 9.17) is 5.73 Å². The van der Waals surface area contributed by atoms with E-state index < -0.39 is 5.91 Å². The minimum absolute atomic E-state index is 0.00798. The number of aromatic nitrogens is 4. The van der Waals surface area contributed by atoms with Crippen LogP contribution in [0, 0.1) is 0 Å². The lowest BCUT2D eigenvalue weighted by molar-refractivity contribution is 0.0997. The number of amides is 1. The first-order valence-electron chi connectivity index (χ1n) is 10.6. The quantitative estimate of drug-likeness (QED) is 0.454. The van der Waals surface area contributed by atoms with Crippen molar-refractivity contribution < 1.29 is 9.90 Å². The lowest BCUT2D eigenvalue weighted by Crippen LogP contribution is -2.54. The predicted octanol–water partition coefficient (Wildman–Crippen LogP) is 2.17. The van der Waals surface area contributed by atoms with Gasteiger partial charge in [-0.3, -0.25) is 9.48 Å². The standard InChI is InChI=1S/C23H25N7O2/c1-12-9-30(10-13(2)25-12)15-4-5-18-16(7-15)21(22(24)32)27-23(26-18)17-6-14-11-29(3)28-19(14)8-20(17)31/h4-8,11-13,25,31H,9-10H2,1-3H3,(H2,24,32)/t12-,13+. The highest BCUT2D eigenvalue weighted by molar-refractivity contribution is 6.05. The van der Waals surface area contributed by atoms with Gasteiger partial charge in [-0.05, 0) is 38.1 Å². The number of piperazine rings is 1. The number of fused-ring (bicyclic) bond motifs is 2. The summed E-state index contributed by atoms with van der Waals surface area (Å²) in [6.45, 7) is 6.03. The zero-order valence-corrected chi connectivity index (χ0v) is 18.2. The molecule has 0 unspecified atom stereocenters. The molecule has 1 aliphatic heterocycles. The van der Waals surface area contributed by atoms with Crippen LogP contribution in [0.2, 0.25) is 0 Å². The number of benzene rings is 2. The van der Waals surface area contributed by atoms with Crippen LogP contribution in [-0.4, -0.2) is 55.9 Å². The Labute approximate surface area is 184 Å². The van der Waals surface area contributed by atoms with Gasteiger partial charge in [-0.1, -0.05) is 0 Å². The number of nitrogens with zero attached hydrogens (tertiary/aromatic N) is 5. The maximum atomic E-state index is 12.3. The van der Waals surface area contributed by atoms with E-state index in [-0.39, 0.29) is 17.3 Å². The van der Waals surface area contributed by atoms with E-state index in [0.717, 1.165) is 24.2 Å². The van der Waals surface area contributed by atoms with Gasteiger partial charge >= 0.3 is 0 Å². The van der Waals surface area contributed by atoms with Crippen LogP contribution < -0.4 is 16.0 Å². The topological polar surface area (TPSA) is 122 Å². The van der Waals surface area contributed by atoms with Gasteiger partial charge in [0, 0.05) is 60.9 Å². The molecule has 1 amide bonds. The number of phenolic OH excluding ortho intramolecular Hbond substituents is 1. The predicted molar refractivity (Wildman–Crippen MR) is 124 cm³/mol. The number of nitrogens with two attached hydrogens (primary N) is 1. The number of hydrogen-bond acceptors (Lipinski definition) is 7. The average molecular weight is 432 g/mol. The molecule has 4 aromatic rings. The Kier molecular flexibility index (Phi) is 4.70. The number of carbonyl (C=O) groups is 1. The monoisotopic (exact) mass is 431 g/mol. The second kappa shape index (κ2) is 7.45. The minimum Gasteiger partial charge on any atom is -0.507 e. The molecule has 9 nitrogen and oxygen atoms in total. The van der Waals surface area contributed by atoms with Crippen LogP contribution in [0.1, 0.15) is 24.3 Å². The van der Waals surface area contributed by atoms with Gasteiger partial charge in [-0.25, -0.2) is 9.97 Å². The normalized spacial score (nSPS) is 19.0. The highest BCUT2D eigenvalue weighted by Crippen LogP contribution is 2.33. The number of anilines is 1. The Balaban J connectivity index is 1.64. The Morgan fingerprint density at radius 3 is 2.59 bits per heavy atom. The Bertz CT molecular complexity index is 1350. The number of hydrogen-bond donors (Lipinski definition) is 3. The molecule has 2 aromatic heterocycles. The number of carbonyl (C=O) groups excluding carboxylic acids is 1. The second-order valence-corrected chi connectivity index (χ2v) is 8.57. The number of aromatic hydroxyl groups is 1. The van der Waals surface area contributed by atoms with Crippen molar-refractivity contribution in [2.75, 3.05) is 18.0 Å². The van der Waals surface area contributed by atoms with E-state index in [9.17, 15) is 9.90 Å². The first-order valence-corrected chi connectivity index (χ1v) is 10.6. The van der Waals surface area contributed by atoms with E-state index in [1.807, 2.05) is 31.4 Å². The molecule has 9 heteroatoms. The zero-order valence-electron chi connectivity index (χ0n) is 18.2. The van der Waals surface area contributed by atoms with Crippen molar-refractivity contribution in [2.45, 2.75) is 25.9 Å². The molecule has 1 fully saturated rings. The molecule has 0 bridgehead atoms. The molecule has 0 spiro atoms. The maximum absolute atomic E-state index is 12.3. The van der Waals surface area contributed by atoms with Crippen LogP contribution in [0.5, 0.6) is 5.75 Å². The molecule has 5 rings (SSSR count). The Morgan fingerprint density at radius 1 is 1.12 bits per heavy atom. The summed E-state index contributed by atoms with van der Waals surface area (Å²) in [7, 11) is 1.81. The van der Waals surface area contributed by atoms with Crippen molar-refractivity contribution in [1.29, 1.82) is 0 Å². The summed E-state index contributed by atoms with van der Waals surface area (Å²) in [6, 6.07) is 9.84. The average Bonchev–Trinajstić information content (AvgIpc) is 3.09. The number of aryl methyl sites for hydroxylation is 1. The molecule has 3 heterocycles. The molecule has 1 aliphatic rings. The van der Waals surface area contributed by atoms with E-state index in [0.29, 0.717) is 34.1 Å². The van der Waals surface area contributed by atoms with Crippen molar-refractivity contribution in [3.05, 3.63) is 42.2 Å². The van der Waals surface area contributed by atoms with Crippen LogP contribution in [-0.2, 0) is 7.05 Å². The molecule has 0 saturated carbocycles.